The van der Waals surface area contributed by atoms with Crippen molar-refractivity contribution in [3.05, 3.63) is 35.0 Å². The SMILES string of the molecule is Cc1cc(N2CCC(C=O)C(C)C2)c2ccc(Cl)cc2n1. The summed E-state index contributed by atoms with van der Waals surface area (Å²) in [7, 11) is 0. The number of anilines is 1. The van der Waals surface area contributed by atoms with Crippen LogP contribution in [0.3, 0.4) is 0 Å². The highest BCUT2D eigenvalue weighted by Gasteiger charge is 2.26. The molecule has 21 heavy (non-hydrogen) atoms. The average molecular weight is 303 g/mol. The summed E-state index contributed by atoms with van der Waals surface area (Å²) in [6, 6.07) is 7.99. The number of carbonyl (C=O) groups excluding carboxylic acids is 1. The van der Waals surface area contributed by atoms with Crippen LogP contribution in [0, 0.1) is 18.8 Å². The zero-order valence-electron chi connectivity index (χ0n) is 12.3. The normalized spacial score (nSPS) is 22.5. The van der Waals surface area contributed by atoms with Gasteiger partial charge in [-0.05, 0) is 43.5 Å². The molecule has 1 fully saturated rings. The molecule has 4 heteroatoms. The summed E-state index contributed by atoms with van der Waals surface area (Å²) in [6.45, 7) is 5.98. The van der Waals surface area contributed by atoms with E-state index in [1.165, 1.54) is 5.69 Å². The molecule has 1 aliphatic rings. The van der Waals surface area contributed by atoms with Crippen LogP contribution in [0.15, 0.2) is 24.3 Å². The van der Waals surface area contributed by atoms with Gasteiger partial charge in [0.25, 0.3) is 0 Å². The van der Waals surface area contributed by atoms with Crippen molar-refractivity contribution in [2.24, 2.45) is 11.8 Å². The maximum absolute atomic E-state index is 11.1. The minimum Gasteiger partial charge on any atom is -0.371 e. The first kappa shape index (κ1) is 14.3. The maximum atomic E-state index is 11.1. The van der Waals surface area contributed by atoms with Gasteiger partial charge >= 0.3 is 0 Å². The second kappa shape index (κ2) is 5.64. The van der Waals surface area contributed by atoms with Crippen LogP contribution < -0.4 is 4.90 Å². The summed E-state index contributed by atoms with van der Waals surface area (Å²) in [5.74, 6) is 0.567. The number of hydrogen-bond donors (Lipinski definition) is 0. The summed E-state index contributed by atoms with van der Waals surface area (Å²) in [4.78, 5) is 18.0. The van der Waals surface area contributed by atoms with E-state index in [1.807, 2.05) is 25.1 Å². The van der Waals surface area contributed by atoms with Crippen molar-refractivity contribution < 1.29 is 4.79 Å². The van der Waals surface area contributed by atoms with Gasteiger partial charge < -0.3 is 9.69 Å². The van der Waals surface area contributed by atoms with E-state index in [2.05, 4.69) is 22.9 Å². The number of hydrogen-bond acceptors (Lipinski definition) is 3. The van der Waals surface area contributed by atoms with Gasteiger partial charge in [0.05, 0.1) is 5.52 Å². The number of halogens is 1. The Hall–Kier alpha value is -1.61. The van der Waals surface area contributed by atoms with Crippen LogP contribution >= 0.6 is 11.6 Å². The monoisotopic (exact) mass is 302 g/mol. The number of pyridine rings is 1. The highest BCUT2D eigenvalue weighted by molar-refractivity contribution is 6.31. The molecule has 2 heterocycles. The fourth-order valence-electron chi connectivity index (χ4n) is 3.16. The van der Waals surface area contributed by atoms with Crippen LogP contribution in [0.2, 0.25) is 5.02 Å². The minimum atomic E-state index is 0.185. The predicted molar refractivity (Wildman–Crippen MR) is 87.0 cm³/mol. The Morgan fingerprint density at radius 3 is 2.90 bits per heavy atom. The Balaban J connectivity index is 2.02. The molecule has 2 aromatic rings. The van der Waals surface area contributed by atoms with E-state index in [4.69, 9.17) is 11.6 Å². The smallest absolute Gasteiger partial charge is 0.123 e. The molecule has 3 nitrogen and oxygen atoms in total. The molecule has 1 saturated heterocycles. The van der Waals surface area contributed by atoms with Crippen LogP contribution in [-0.4, -0.2) is 24.4 Å². The molecule has 0 N–H and O–H groups in total. The van der Waals surface area contributed by atoms with Gasteiger partial charge in [0, 0.05) is 40.8 Å². The molecule has 0 bridgehead atoms. The quantitative estimate of drug-likeness (QED) is 0.790. The number of rotatable bonds is 2. The van der Waals surface area contributed by atoms with Crippen molar-refractivity contribution in [3.8, 4) is 0 Å². The lowest BCUT2D eigenvalue weighted by Gasteiger charge is -2.36. The average Bonchev–Trinajstić information content (AvgIpc) is 2.45. The van der Waals surface area contributed by atoms with Crippen LogP contribution in [0.5, 0.6) is 0 Å². The van der Waals surface area contributed by atoms with Crippen molar-refractivity contribution >= 4 is 34.5 Å². The standard InChI is InChI=1S/C17H19ClN2O/c1-11-9-20(6-5-13(11)10-21)17-7-12(2)19-16-8-14(18)3-4-15(16)17/h3-4,7-8,10-11,13H,5-6,9H2,1-2H3. The number of nitrogens with zero attached hydrogens (tertiary/aromatic N) is 2. The Morgan fingerprint density at radius 2 is 2.19 bits per heavy atom. The van der Waals surface area contributed by atoms with Gasteiger partial charge in [-0.1, -0.05) is 18.5 Å². The van der Waals surface area contributed by atoms with E-state index < -0.39 is 0 Å². The molecular formula is C17H19ClN2O. The van der Waals surface area contributed by atoms with E-state index in [9.17, 15) is 4.79 Å². The largest absolute Gasteiger partial charge is 0.371 e. The third-order valence-corrected chi connectivity index (χ3v) is 4.60. The van der Waals surface area contributed by atoms with Crippen molar-refractivity contribution in [3.63, 3.8) is 0 Å². The third kappa shape index (κ3) is 2.75. The molecule has 2 unspecified atom stereocenters. The summed E-state index contributed by atoms with van der Waals surface area (Å²) < 4.78 is 0. The number of aryl methyl sites for hydroxylation is 1. The van der Waals surface area contributed by atoms with Gasteiger partial charge in [0.15, 0.2) is 0 Å². The fourth-order valence-corrected chi connectivity index (χ4v) is 3.32. The molecule has 1 aromatic carbocycles. The van der Waals surface area contributed by atoms with Crippen LogP contribution in [0.1, 0.15) is 19.0 Å². The predicted octanol–water partition coefficient (Wildman–Crippen LogP) is 3.86. The number of fused-ring (bicyclic) bond motifs is 1. The third-order valence-electron chi connectivity index (χ3n) is 4.37. The highest BCUT2D eigenvalue weighted by Crippen LogP contribution is 2.32. The number of carbonyl (C=O) groups is 1. The molecule has 3 rings (SSSR count). The van der Waals surface area contributed by atoms with Crippen molar-refractivity contribution in [1.82, 2.24) is 4.98 Å². The van der Waals surface area contributed by atoms with E-state index >= 15 is 0 Å². The molecule has 0 radical (unpaired) electrons. The lowest BCUT2D eigenvalue weighted by Crippen LogP contribution is -2.40. The fraction of sp³-hybridized carbons (Fsp3) is 0.412. The molecule has 0 aliphatic carbocycles. The summed E-state index contributed by atoms with van der Waals surface area (Å²) >= 11 is 6.08. The number of benzene rings is 1. The van der Waals surface area contributed by atoms with Crippen LogP contribution in [0.25, 0.3) is 10.9 Å². The van der Waals surface area contributed by atoms with Crippen LogP contribution in [-0.2, 0) is 4.79 Å². The maximum Gasteiger partial charge on any atom is 0.123 e. The van der Waals surface area contributed by atoms with E-state index in [0.717, 1.165) is 42.4 Å². The van der Waals surface area contributed by atoms with Crippen molar-refractivity contribution in [2.75, 3.05) is 18.0 Å². The molecule has 0 amide bonds. The highest BCUT2D eigenvalue weighted by atomic mass is 35.5. The van der Waals surface area contributed by atoms with E-state index in [-0.39, 0.29) is 5.92 Å². The molecule has 0 spiro atoms. The van der Waals surface area contributed by atoms with E-state index in [1.54, 1.807) is 0 Å². The Labute approximate surface area is 129 Å². The zero-order chi connectivity index (χ0) is 15.0. The summed E-state index contributed by atoms with van der Waals surface area (Å²) in [5, 5.41) is 1.83. The molecule has 1 aliphatic heterocycles. The summed E-state index contributed by atoms with van der Waals surface area (Å²) in [6.07, 6.45) is 2.03. The Morgan fingerprint density at radius 1 is 1.38 bits per heavy atom. The van der Waals surface area contributed by atoms with Crippen LogP contribution in [0.4, 0.5) is 5.69 Å². The molecule has 110 valence electrons. The minimum absolute atomic E-state index is 0.185. The second-order valence-electron chi connectivity index (χ2n) is 5.96. The first-order valence-electron chi connectivity index (χ1n) is 7.35. The first-order chi connectivity index (χ1) is 10.1. The first-order valence-corrected chi connectivity index (χ1v) is 7.73. The van der Waals surface area contributed by atoms with Crippen molar-refractivity contribution in [1.29, 1.82) is 0 Å². The molecule has 1 aromatic heterocycles. The van der Waals surface area contributed by atoms with Gasteiger partial charge in [-0.3, -0.25) is 4.98 Å². The van der Waals surface area contributed by atoms with Gasteiger partial charge in [-0.25, -0.2) is 0 Å². The lowest BCUT2D eigenvalue weighted by atomic mass is 9.88. The number of piperidine rings is 1. The Bertz CT molecular complexity index is 681. The zero-order valence-corrected chi connectivity index (χ0v) is 13.1. The lowest BCUT2D eigenvalue weighted by molar-refractivity contribution is -0.112. The topological polar surface area (TPSA) is 33.2 Å². The van der Waals surface area contributed by atoms with Gasteiger partial charge in [-0.15, -0.1) is 0 Å². The number of aldehydes is 1. The van der Waals surface area contributed by atoms with Gasteiger partial charge in [0.2, 0.25) is 0 Å². The molecule has 0 saturated carbocycles. The summed E-state index contributed by atoms with van der Waals surface area (Å²) in [5.41, 5.74) is 3.12. The van der Waals surface area contributed by atoms with Gasteiger partial charge in [0.1, 0.15) is 6.29 Å². The molecular weight excluding hydrogens is 284 g/mol. The Kier molecular flexibility index (Phi) is 3.85. The molecule has 2 atom stereocenters. The van der Waals surface area contributed by atoms with Crippen molar-refractivity contribution in [2.45, 2.75) is 20.3 Å². The van der Waals surface area contributed by atoms with Gasteiger partial charge in [-0.2, -0.15) is 0 Å². The second-order valence-corrected chi connectivity index (χ2v) is 6.39. The van der Waals surface area contributed by atoms with E-state index in [0.29, 0.717) is 10.9 Å². The number of aromatic nitrogens is 1.